The van der Waals surface area contributed by atoms with Crippen LogP contribution in [0.1, 0.15) is 114 Å². The zero-order valence-electron chi connectivity index (χ0n) is 57.9. The molecule has 0 spiro atoms. The molecule has 102 heavy (non-hydrogen) atoms. The van der Waals surface area contributed by atoms with E-state index in [0.717, 1.165) is 10.9 Å². The first-order valence-corrected chi connectivity index (χ1v) is 34.5. The van der Waals surface area contributed by atoms with Crippen LogP contribution in [0.5, 0.6) is 0 Å². The van der Waals surface area contributed by atoms with E-state index in [1.807, 2.05) is 61.5 Å². The minimum atomic E-state index is -1.50. The molecule has 0 saturated heterocycles. The van der Waals surface area contributed by atoms with Crippen molar-refractivity contribution in [1.82, 2.24) is 57.5 Å². The van der Waals surface area contributed by atoms with Crippen molar-refractivity contribution in [1.29, 1.82) is 0 Å². The van der Waals surface area contributed by atoms with Crippen molar-refractivity contribution in [3.63, 3.8) is 0 Å². The molecule has 0 aliphatic carbocycles. The van der Waals surface area contributed by atoms with Crippen molar-refractivity contribution >= 4 is 104 Å². The number of hydrogen-bond donors (Lipinski definition) is 21. The lowest BCUT2D eigenvalue weighted by Gasteiger charge is -2.28. The molecule has 30 N–H and O–H groups in total. The Kier molecular flexibility index (Phi) is 32.3. The zero-order valence-corrected chi connectivity index (χ0v) is 57.9. The van der Waals surface area contributed by atoms with E-state index in [4.69, 9.17) is 51.6 Å². The number of H-pyrrole nitrogens is 3. The van der Waals surface area contributed by atoms with Gasteiger partial charge >= 0.3 is 5.97 Å². The fourth-order valence-corrected chi connectivity index (χ4v) is 11.7. The summed E-state index contributed by atoms with van der Waals surface area (Å²) in [6, 6.07) is 9.58. The molecule has 33 nitrogen and oxygen atoms in total. The highest BCUT2D eigenvalue weighted by atomic mass is 16.4. The normalized spacial score (nSPS) is 14.2. The fourth-order valence-electron chi connectivity index (χ4n) is 11.7. The van der Waals surface area contributed by atoms with Gasteiger partial charge in [-0.25, -0.2) is 4.79 Å². The number of aliphatic carboxylic acids is 1. The second-order valence-corrected chi connectivity index (χ2v) is 25.3. The first-order chi connectivity index (χ1) is 48.9. The summed E-state index contributed by atoms with van der Waals surface area (Å²) in [6.45, 7) is 4.30. The van der Waals surface area contributed by atoms with Crippen molar-refractivity contribution in [3.8, 4) is 0 Å². The molecule has 0 radical (unpaired) electrons. The molecule has 10 atom stereocenters. The minimum Gasteiger partial charge on any atom is -0.480 e. The average molecular weight is 1410 g/mol. The second-order valence-electron chi connectivity index (χ2n) is 25.3. The van der Waals surface area contributed by atoms with Crippen LogP contribution < -0.4 is 94.1 Å². The Morgan fingerprint density at radius 2 is 0.657 bits per heavy atom. The molecule has 3 aromatic carbocycles. The van der Waals surface area contributed by atoms with Crippen LogP contribution >= 0.6 is 0 Å². The summed E-state index contributed by atoms with van der Waals surface area (Å²) < 4.78 is 0. The molecule has 554 valence electrons. The first kappa shape index (κ1) is 80.2. The van der Waals surface area contributed by atoms with Gasteiger partial charge in [0.15, 0.2) is 17.9 Å². The number of nitrogens with one attached hydrogen (secondary N) is 11. The van der Waals surface area contributed by atoms with Crippen LogP contribution in [0.25, 0.3) is 32.7 Å². The van der Waals surface area contributed by atoms with Crippen LogP contribution in [0.2, 0.25) is 0 Å². The zero-order chi connectivity index (χ0) is 74.3. The van der Waals surface area contributed by atoms with Crippen molar-refractivity contribution in [3.05, 3.63) is 108 Å². The van der Waals surface area contributed by atoms with Gasteiger partial charge in [-0.1, -0.05) is 74.9 Å². The van der Waals surface area contributed by atoms with E-state index in [1.165, 1.54) is 0 Å². The maximum atomic E-state index is 15.3. The number of benzene rings is 3. The Labute approximate surface area is 591 Å². The standard InChI is InChI=1S/C69H103N23O10/c1-3-39(2)57(72)65(100)88-52(27-16-32-81-69(77)78)59(94)85-49(23-10-12-28-70)60(95)90-54(33-40-36-82-46-20-7-4-17-43(40)46)62(97)87-50(25-14-30-79-67(73)74)58(93)86-51(26-15-31-80-68(75)76)61(96)91-56(35-42-38-84-48-22-9-6-19-45(42)48)64(99)92-55(34-41-37-83-47-21-8-5-18-44(41)47)63(98)89-53(66(101)102)24-11-13-29-71/h4-9,17-22,36-39,49-57,82-84H,3,10-16,23-35,70-72H2,1-2H3,(H,85,94)(H,86,93)(H,87,97)(H,88,100)(H,89,98)(H,90,95)(H,91,96)(H,92,99)(H,101,102)(H4,73,74,79)(H4,75,76,80)(H4,77,78,81)/t39-,49-,50-,51-,52-,53-,54-,55-,56-,57-/m0/s1. The van der Waals surface area contributed by atoms with Crippen LogP contribution in [0.4, 0.5) is 0 Å². The quantitative estimate of drug-likeness (QED) is 0.0123. The predicted octanol–water partition coefficient (Wildman–Crippen LogP) is -1.09. The number of fused-ring (bicyclic) bond motifs is 3. The molecular formula is C69H103N23O10. The van der Waals surface area contributed by atoms with Crippen molar-refractivity contribution in [2.75, 3.05) is 32.7 Å². The predicted molar refractivity (Wildman–Crippen MR) is 392 cm³/mol. The van der Waals surface area contributed by atoms with Crippen LogP contribution in [0.3, 0.4) is 0 Å². The molecule has 33 heteroatoms. The fraction of sp³-hybridized carbons (Fsp3) is 0.478. The summed E-state index contributed by atoms with van der Waals surface area (Å²) in [4.78, 5) is 153. The van der Waals surface area contributed by atoms with Gasteiger partial charge < -0.3 is 114 Å². The smallest absolute Gasteiger partial charge is 0.326 e. The topological polar surface area (TPSA) is 589 Å². The van der Waals surface area contributed by atoms with E-state index in [1.54, 1.807) is 43.7 Å². The third-order valence-corrected chi connectivity index (χ3v) is 17.6. The third kappa shape index (κ3) is 25.1. The number of guanidine groups is 3. The summed E-state index contributed by atoms with van der Waals surface area (Å²) in [5, 5.41) is 34.7. The van der Waals surface area contributed by atoms with E-state index in [-0.39, 0.29) is 121 Å². The molecule has 6 rings (SSSR count). The number of rotatable bonds is 45. The molecular weight excluding hydrogens is 1310 g/mol. The van der Waals surface area contributed by atoms with Crippen molar-refractivity contribution in [2.24, 2.45) is 72.5 Å². The molecule has 0 fully saturated rings. The number of aromatic nitrogens is 3. The molecule has 0 aliphatic heterocycles. The van der Waals surface area contributed by atoms with Gasteiger partial charge in [0.25, 0.3) is 0 Å². The lowest BCUT2D eigenvalue weighted by Crippen LogP contribution is -2.61. The van der Waals surface area contributed by atoms with Gasteiger partial charge in [0.2, 0.25) is 47.3 Å². The molecule has 0 unspecified atom stereocenters. The minimum absolute atomic E-state index is 0.0153. The highest BCUT2D eigenvalue weighted by Crippen LogP contribution is 2.24. The van der Waals surface area contributed by atoms with Crippen LogP contribution in [0, 0.1) is 5.92 Å². The SMILES string of the molecule is CC[C@H](C)[C@H](N)C(=O)N[C@@H](CCCN=C(N)N)C(=O)N[C@@H](CCCCN)C(=O)N[C@@H](Cc1c[nH]c2ccccc12)C(=O)N[C@@H](CCCN=C(N)N)C(=O)N[C@@H](CCCN=C(N)N)C(=O)N[C@@H](Cc1c[nH]c2ccccc12)C(=O)N[C@@H](Cc1c[nH]c2ccccc12)C(=O)N[C@@H](CCCCN)C(=O)O. The van der Waals surface area contributed by atoms with E-state index >= 15 is 19.2 Å². The number of carbonyl (C=O) groups excluding carboxylic acids is 8. The Balaban J connectivity index is 1.36. The maximum absolute atomic E-state index is 15.3. The molecule has 0 saturated carbocycles. The maximum Gasteiger partial charge on any atom is 0.326 e. The monoisotopic (exact) mass is 1410 g/mol. The molecule has 6 aromatic rings. The lowest BCUT2D eigenvalue weighted by molar-refractivity contribution is -0.142. The van der Waals surface area contributed by atoms with Gasteiger partial charge in [0, 0.05) is 90.2 Å². The summed E-state index contributed by atoms with van der Waals surface area (Å²) in [7, 11) is 0. The highest BCUT2D eigenvalue weighted by molar-refractivity contribution is 5.99. The number of carboxylic acid groups (broad SMARTS) is 1. The number of carboxylic acids is 1. The van der Waals surface area contributed by atoms with Crippen LogP contribution in [0.15, 0.2) is 106 Å². The number of hydrogen-bond acceptors (Lipinski definition) is 15. The number of aromatic amines is 3. The second kappa shape index (κ2) is 41.1. The number of amides is 8. The highest BCUT2D eigenvalue weighted by Gasteiger charge is 2.37. The molecule has 8 amide bonds. The number of nitrogens with two attached hydrogens (primary N) is 9. The van der Waals surface area contributed by atoms with Crippen LogP contribution in [-0.4, -0.2) is 178 Å². The Morgan fingerprint density at radius 1 is 0.392 bits per heavy atom. The van der Waals surface area contributed by atoms with E-state index in [2.05, 4.69) is 72.5 Å². The number of aliphatic imine (C=N–C) groups is 3. The van der Waals surface area contributed by atoms with Crippen LogP contribution in [-0.2, 0) is 62.4 Å². The van der Waals surface area contributed by atoms with Gasteiger partial charge in [-0.2, -0.15) is 0 Å². The Morgan fingerprint density at radius 3 is 0.951 bits per heavy atom. The molecule has 3 aromatic heterocycles. The van der Waals surface area contributed by atoms with E-state index in [9.17, 15) is 29.1 Å². The average Bonchev–Trinajstić information content (AvgIpc) is 1.64. The third-order valence-electron chi connectivity index (χ3n) is 17.6. The number of nitrogens with zero attached hydrogens (tertiary/aromatic N) is 3. The number of carbonyl (C=O) groups is 9. The van der Waals surface area contributed by atoms with Gasteiger partial charge in [-0.05, 0) is 131 Å². The first-order valence-electron chi connectivity index (χ1n) is 34.5. The molecule has 0 bridgehead atoms. The summed E-state index contributed by atoms with van der Waals surface area (Å²) in [5.74, 6) is -8.66. The van der Waals surface area contributed by atoms with Crippen molar-refractivity contribution in [2.45, 2.75) is 171 Å². The Bertz CT molecular complexity index is 3850. The van der Waals surface area contributed by atoms with E-state index in [0.29, 0.717) is 77.1 Å². The number of para-hydroxylation sites is 3. The summed E-state index contributed by atoms with van der Waals surface area (Å²) in [5.41, 5.74) is 55.8. The Hall–Kier alpha value is -10.8. The van der Waals surface area contributed by atoms with Gasteiger partial charge in [0.05, 0.1) is 6.04 Å². The summed E-state index contributed by atoms with van der Waals surface area (Å²) in [6.07, 6.45) is 7.03. The van der Waals surface area contributed by atoms with Gasteiger partial charge in [0.1, 0.15) is 48.3 Å². The van der Waals surface area contributed by atoms with E-state index < -0.39 is 108 Å². The summed E-state index contributed by atoms with van der Waals surface area (Å²) >= 11 is 0. The lowest BCUT2D eigenvalue weighted by atomic mass is 9.98. The molecule has 3 heterocycles. The van der Waals surface area contributed by atoms with Gasteiger partial charge in [-0.3, -0.25) is 53.3 Å². The molecule has 0 aliphatic rings. The largest absolute Gasteiger partial charge is 0.480 e. The number of unbranched alkanes of at least 4 members (excludes halogenated alkanes) is 2. The van der Waals surface area contributed by atoms with Gasteiger partial charge in [-0.15, -0.1) is 0 Å². The van der Waals surface area contributed by atoms with Crippen molar-refractivity contribution < 1.29 is 48.3 Å².